The Hall–Kier alpha value is -4.49. The highest BCUT2D eigenvalue weighted by Gasteiger charge is 2.51. The van der Waals surface area contributed by atoms with Gasteiger partial charge in [0.1, 0.15) is 22.7 Å². The Balaban J connectivity index is 1.74. The minimum atomic E-state index is -2.51. The Morgan fingerprint density at radius 2 is 1.35 bits per heavy atom. The monoisotopic (exact) mass is 771 g/mol. The number of nitrogens with zero attached hydrogens (tertiary/aromatic N) is 2. The van der Waals surface area contributed by atoms with Gasteiger partial charge in [0, 0.05) is 18.7 Å². The van der Waals surface area contributed by atoms with E-state index in [0.29, 0.717) is 17.1 Å². The lowest BCUT2D eigenvalue weighted by Gasteiger charge is -2.50. The predicted octanol–water partition coefficient (Wildman–Crippen LogP) is 7.18. The number of aromatic nitrogens is 2. The zero-order valence-corrected chi connectivity index (χ0v) is 34.9. The Kier molecular flexibility index (Phi) is 13.0. The highest BCUT2D eigenvalue weighted by atomic mass is 28.4. The number of carbonyl (C=O) groups excluding carboxylic acids is 1. The molecule has 1 aromatic heterocycles. The van der Waals surface area contributed by atoms with Gasteiger partial charge in [0.05, 0.1) is 40.5 Å². The van der Waals surface area contributed by atoms with Crippen LogP contribution in [0.5, 0.6) is 11.5 Å². The molecule has 2 heterocycles. The number of amides is 1. The van der Waals surface area contributed by atoms with Crippen molar-refractivity contribution >= 4 is 14.2 Å². The third-order valence-electron chi connectivity index (χ3n) is 11.2. The number of hydrogen-bond donors (Lipinski definition) is 1. The first-order valence-electron chi connectivity index (χ1n) is 19.0. The van der Waals surface area contributed by atoms with Crippen LogP contribution in [0.2, 0.25) is 16.6 Å². The maximum absolute atomic E-state index is 13.4. The van der Waals surface area contributed by atoms with Crippen molar-refractivity contribution in [2.75, 3.05) is 40.5 Å². The summed E-state index contributed by atoms with van der Waals surface area (Å²) < 4.78 is 34.3. The van der Waals surface area contributed by atoms with Crippen LogP contribution in [0.25, 0.3) is 0 Å². The summed E-state index contributed by atoms with van der Waals surface area (Å²) in [6.07, 6.45) is 0.537. The van der Waals surface area contributed by atoms with Gasteiger partial charge in [0.2, 0.25) is 5.91 Å². The van der Waals surface area contributed by atoms with Crippen molar-refractivity contribution in [1.29, 1.82) is 0 Å². The molecular weight excluding hydrogens is 715 g/mol. The van der Waals surface area contributed by atoms with Gasteiger partial charge in [-0.2, -0.15) is 0 Å². The van der Waals surface area contributed by atoms with Crippen LogP contribution in [0.4, 0.5) is 0 Å². The molecule has 11 nitrogen and oxygen atoms in total. The van der Waals surface area contributed by atoms with E-state index >= 15 is 0 Å². The lowest BCUT2D eigenvalue weighted by atomic mass is 9.79. The topological polar surface area (TPSA) is 121 Å². The van der Waals surface area contributed by atoms with E-state index in [1.54, 1.807) is 26.0 Å². The van der Waals surface area contributed by atoms with E-state index in [2.05, 4.69) is 46.5 Å². The molecule has 0 bridgehead atoms. The summed E-state index contributed by atoms with van der Waals surface area (Å²) in [5, 5.41) is 0. The molecule has 5 rings (SSSR count). The van der Waals surface area contributed by atoms with Gasteiger partial charge in [-0.3, -0.25) is 19.1 Å². The molecule has 1 amide bonds. The maximum atomic E-state index is 13.4. The van der Waals surface area contributed by atoms with Crippen LogP contribution >= 0.6 is 0 Å². The third-order valence-corrected chi connectivity index (χ3v) is 17.2. The molecule has 0 saturated carbocycles. The van der Waals surface area contributed by atoms with Gasteiger partial charge in [-0.25, -0.2) is 4.79 Å². The first kappa shape index (κ1) is 41.7. The van der Waals surface area contributed by atoms with Crippen molar-refractivity contribution in [3.05, 3.63) is 128 Å². The fourth-order valence-corrected chi connectivity index (χ4v) is 13.9. The van der Waals surface area contributed by atoms with Gasteiger partial charge in [-0.15, -0.1) is 0 Å². The quantitative estimate of drug-likeness (QED) is 0.0998. The zero-order valence-electron chi connectivity index (χ0n) is 33.9. The molecule has 55 heavy (non-hydrogen) atoms. The maximum Gasteiger partial charge on any atom is 0.330 e. The normalized spacial score (nSPS) is 17.9. The minimum absolute atomic E-state index is 0.0456. The van der Waals surface area contributed by atoms with Gasteiger partial charge in [-0.05, 0) is 64.5 Å². The van der Waals surface area contributed by atoms with Gasteiger partial charge < -0.3 is 28.3 Å². The Bertz CT molecular complexity index is 1940. The number of aromatic amines is 1. The van der Waals surface area contributed by atoms with E-state index in [1.807, 2.05) is 78.9 Å². The summed E-state index contributed by atoms with van der Waals surface area (Å²) in [6, 6.07) is 25.5. The number of aryl methyl sites for hydroxylation is 1. The number of rotatable bonds is 15. The molecule has 1 aliphatic rings. The number of benzene rings is 3. The summed E-state index contributed by atoms with van der Waals surface area (Å²) in [5.74, 6) is 1.20. The number of methoxy groups -OCH3 is 2. The van der Waals surface area contributed by atoms with Crippen molar-refractivity contribution in [2.45, 2.75) is 89.4 Å². The van der Waals surface area contributed by atoms with Crippen LogP contribution in [0, 0.1) is 6.92 Å². The second kappa shape index (κ2) is 17.1. The SMILES string of the molecule is COc1ccc(C(OC[C@]2(CO[Si](C(C)C)(C(C)C)C(C)C)CN(C(C)=O)C[C@H](n3cc(C)c(=O)[nH]c3=O)O2)(c2ccccc2)c2ccc(OC)cc2)cc1. The van der Waals surface area contributed by atoms with E-state index < -0.39 is 37.0 Å². The lowest BCUT2D eigenvalue weighted by molar-refractivity contribution is -0.228. The van der Waals surface area contributed by atoms with E-state index in [0.717, 1.165) is 16.7 Å². The van der Waals surface area contributed by atoms with Crippen molar-refractivity contribution in [2.24, 2.45) is 0 Å². The summed E-state index contributed by atoms with van der Waals surface area (Å²) in [5.41, 5.74) is 0.0822. The predicted molar refractivity (Wildman–Crippen MR) is 216 cm³/mol. The van der Waals surface area contributed by atoms with Crippen molar-refractivity contribution in [3.8, 4) is 11.5 Å². The molecule has 2 atom stereocenters. The molecule has 12 heteroatoms. The molecule has 0 aliphatic carbocycles. The Morgan fingerprint density at radius 1 is 0.836 bits per heavy atom. The van der Waals surface area contributed by atoms with Crippen LogP contribution in [0.1, 0.15) is 76.9 Å². The largest absolute Gasteiger partial charge is 0.497 e. The Morgan fingerprint density at radius 3 is 1.82 bits per heavy atom. The van der Waals surface area contributed by atoms with Crippen molar-refractivity contribution in [1.82, 2.24) is 14.5 Å². The summed E-state index contributed by atoms with van der Waals surface area (Å²) in [6.45, 7) is 16.7. The van der Waals surface area contributed by atoms with Crippen molar-refractivity contribution < 1.29 is 28.2 Å². The third kappa shape index (κ3) is 8.37. The van der Waals surface area contributed by atoms with E-state index in [-0.39, 0.29) is 48.8 Å². The zero-order chi connectivity index (χ0) is 40.1. The molecular formula is C43H57N3O8Si. The fourth-order valence-electron chi connectivity index (χ4n) is 8.42. The number of nitrogens with one attached hydrogen (secondary N) is 1. The smallest absolute Gasteiger partial charge is 0.330 e. The number of H-pyrrole nitrogens is 1. The molecule has 1 fully saturated rings. The first-order valence-corrected chi connectivity index (χ1v) is 21.1. The van der Waals surface area contributed by atoms with E-state index in [1.165, 1.54) is 17.7 Å². The van der Waals surface area contributed by atoms with Crippen LogP contribution in [0.3, 0.4) is 0 Å². The van der Waals surface area contributed by atoms with Crippen LogP contribution in [-0.2, 0) is 24.3 Å². The fraction of sp³-hybridized carbons (Fsp3) is 0.465. The summed E-state index contributed by atoms with van der Waals surface area (Å²) in [4.78, 5) is 43.3. The van der Waals surface area contributed by atoms with E-state index in [4.69, 9.17) is 23.4 Å². The molecule has 1 N–H and O–H groups in total. The van der Waals surface area contributed by atoms with Crippen LogP contribution in [-0.4, -0.2) is 74.8 Å². The van der Waals surface area contributed by atoms with Crippen molar-refractivity contribution in [3.63, 3.8) is 0 Å². The van der Waals surface area contributed by atoms with Gasteiger partial charge in [-0.1, -0.05) is 96.1 Å². The average Bonchev–Trinajstić information content (AvgIpc) is 3.17. The molecule has 0 unspecified atom stereocenters. The lowest BCUT2D eigenvalue weighted by Crippen LogP contribution is -2.63. The highest BCUT2D eigenvalue weighted by Crippen LogP contribution is 2.46. The second-order valence-corrected chi connectivity index (χ2v) is 21.0. The Labute approximate surface area is 325 Å². The number of hydrogen-bond acceptors (Lipinski definition) is 8. The summed E-state index contributed by atoms with van der Waals surface area (Å²) >= 11 is 0. The minimum Gasteiger partial charge on any atom is -0.497 e. The van der Waals surface area contributed by atoms with Gasteiger partial charge >= 0.3 is 5.69 Å². The van der Waals surface area contributed by atoms with E-state index in [9.17, 15) is 14.4 Å². The number of morpholine rings is 1. The van der Waals surface area contributed by atoms with Gasteiger partial charge in [0.15, 0.2) is 14.5 Å². The van der Waals surface area contributed by atoms with Crippen LogP contribution < -0.4 is 20.7 Å². The van der Waals surface area contributed by atoms with Gasteiger partial charge in [0.25, 0.3) is 5.56 Å². The molecule has 1 saturated heterocycles. The standard InChI is InChI=1S/C43H57N3O8Si/c1-29(2)55(30(3)4,31(5)6)53-28-42(26-45(33(8)47)25-39(54-42)46-24-32(7)40(48)44-41(46)49)27-52-43(34-14-12-11-13-15-34,35-16-20-37(50-9)21-17-35)36-18-22-38(51-10)23-19-36/h11-24,29-31,39H,25-28H2,1-10H3,(H,44,48,49)/t39-,42+/m1/s1. The number of ether oxygens (including phenoxy) is 4. The molecule has 1 aliphatic heterocycles. The molecule has 0 radical (unpaired) electrons. The molecule has 0 spiro atoms. The second-order valence-electron chi connectivity index (χ2n) is 15.5. The van der Waals surface area contributed by atoms with Crippen LogP contribution in [0.15, 0.2) is 94.6 Å². The average molecular weight is 772 g/mol. The molecule has 3 aromatic carbocycles. The number of carbonyl (C=O) groups is 1. The summed E-state index contributed by atoms with van der Waals surface area (Å²) in [7, 11) is 0.753. The molecule has 4 aromatic rings. The molecule has 296 valence electrons. The first-order chi connectivity index (χ1) is 26.1. The highest BCUT2D eigenvalue weighted by molar-refractivity contribution is 6.77.